The van der Waals surface area contributed by atoms with E-state index in [1.807, 2.05) is 6.92 Å². The Bertz CT molecular complexity index is 401. The van der Waals surface area contributed by atoms with Crippen molar-refractivity contribution in [2.45, 2.75) is 46.1 Å². The van der Waals surface area contributed by atoms with Gasteiger partial charge in [0.05, 0.1) is 6.04 Å². The van der Waals surface area contributed by atoms with Gasteiger partial charge in [0.25, 0.3) is 0 Å². The molecule has 0 saturated heterocycles. The van der Waals surface area contributed by atoms with Crippen LogP contribution in [0.5, 0.6) is 0 Å². The Morgan fingerprint density at radius 1 is 1.33 bits per heavy atom. The Balaban J connectivity index is 2.56. The van der Waals surface area contributed by atoms with E-state index in [4.69, 9.17) is 5.11 Å². The van der Waals surface area contributed by atoms with E-state index >= 15 is 0 Å². The minimum absolute atomic E-state index is 0.0338. The first kappa shape index (κ1) is 14.7. The smallest absolute Gasteiger partial charge is 0.220 e. The topological polar surface area (TPSA) is 49.3 Å². The van der Waals surface area contributed by atoms with E-state index in [1.165, 1.54) is 16.7 Å². The number of unbranched alkanes of at least 4 members (excludes halogenated alkanes) is 1. The summed E-state index contributed by atoms with van der Waals surface area (Å²) in [5.41, 5.74) is 3.58. The normalized spacial score (nSPS) is 12.2. The van der Waals surface area contributed by atoms with Crippen LogP contribution in [0.15, 0.2) is 18.2 Å². The number of carbonyl (C=O) groups is 1. The van der Waals surface area contributed by atoms with Crippen LogP contribution in [0.1, 0.15) is 48.9 Å². The zero-order valence-corrected chi connectivity index (χ0v) is 11.5. The quantitative estimate of drug-likeness (QED) is 0.761. The Morgan fingerprint density at radius 3 is 2.72 bits per heavy atom. The summed E-state index contributed by atoms with van der Waals surface area (Å²) in [6.07, 6.45) is 1.91. The maximum absolute atomic E-state index is 11.7. The highest BCUT2D eigenvalue weighted by atomic mass is 16.2. The summed E-state index contributed by atoms with van der Waals surface area (Å²) in [5, 5.41) is 11.7. The summed E-state index contributed by atoms with van der Waals surface area (Å²) in [7, 11) is 0. The molecular formula is C15H23NO2. The minimum Gasteiger partial charge on any atom is -0.396 e. The molecule has 0 spiro atoms. The third-order valence-electron chi connectivity index (χ3n) is 3.09. The number of hydrogen-bond acceptors (Lipinski definition) is 2. The van der Waals surface area contributed by atoms with Gasteiger partial charge in [-0.15, -0.1) is 0 Å². The van der Waals surface area contributed by atoms with Crippen LogP contribution in [0.2, 0.25) is 0 Å². The molecule has 0 aliphatic rings. The standard InChI is InChI=1S/C15H23NO2/c1-11-7-8-12(2)14(10-11)13(3)16-15(18)6-4-5-9-17/h7-8,10,13,17H,4-6,9H2,1-3H3,(H,16,18). The van der Waals surface area contributed by atoms with Crippen molar-refractivity contribution >= 4 is 5.91 Å². The lowest BCUT2D eigenvalue weighted by molar-refractivity contribution is -0.121. The molecule has 0 aromatic heterocycles. The molecule has 1 unspecified atom stereocenters. The molecule has 1 atom stereocenters. The van der Waals surface area contributed by atoms with E-state index in [2.05, 4.69) is 37.4 Å². The van der Waals surface area contributed by atoms with Crippen LogP contribution in [0.25, 0.3) is 0 Å². The van der Waals surface area contributed by atoms with Crippen LogP contribution in [0.4, 0.5) is 0 Å². The van der Waals surface area contributed by atoms with Crippen LogP contribution in [0, 0.1) is 13.8 Å². The zero-order valence-electron chi connectivity index (χ0n) is 11.5. The third-order valence-corrected chi connectivity index (χ3v) is 3.09. The zero-order chi connectivity index (χ0) is 13.5. The van der Waals surface area contributed by atoms with Gasteiger partial charge < -0.3 is 10.4 Å². The molecule has 0 saturated carbocycles. The summed E-state index contributed by atoms with van der Waals surface area (Å²) in [6, 6.07) is 6.31. The number of carbonyl (C=O) groups excluding carboxylic acids is 1. The van der Waals surface area contributed by atoms with Crippen LogP contribution in [-0.2, 0) is 4.79 Å². The lowest BCUT2D eigenvalue weighted by Crippen LogP contribution is -2.26. The molecule has 1 rings (SSSR count). The Labute approximate surface area is 109 Å². The lowest BCUT2D eigenvalue weighted by atomic mass is 10.00. The van der Waals surface area contributed by atoms with Gasteiger partial charge in [-0.2, -0.15) is 0 Å². The fourth-order valence-electron chi connectivity index (χ4n) is 2.02. The minimum atomic E-state index is 0.0338. The van der Waals surface area contributed by atoms with Crippen LogP contribution in [-0.4, -0.2) is 17.6 Å². The lowest BCUT2D eigenvalue weighted by Gasteiger charge is -2.17. The molecule has 1 amide bonds. The van der Waals surface area contributed by atoms with Crippen molar-refractivity contribution in [3.8, 4) is 0 Å². The highest BCUT2D eigenvalue weighted by Crippen LogP contribution is 2.19. The van der Waals surface area contributed by atoms with Crippen molar-refractivity contribution in [3.05, 3.63) is 34.9 Å². The third kappa shape index (κ3) is 4.49. The van der Waals surface area contributed by atoms with Crippen molar-refractivity contribution in [2.24, 2.45) is 0 Å². The molecule has 3 heteroatoms. The largest absolute Gasteiger partial charge is 0.396 e. The first-order valence-electron chi connectivity index (χ1n) is 6.52. The number of benzene rings is 1. The monoisotopic (exact) mass is 249 g/mol. The van der Waals surface area contributed by atoms with E-state index in [-0.39, 0.29) is 18.6 Å². The Morgan fingerprint density at radius 2 is 2.06 bits per heavy atom. The first-order chi connectivity index (χ1) is 8.54. The number of aliphatic hydroxyl groups excluding tert-OH is 1. The second-order valence-electron chi connectivity index (χ2n) is 4.83. The molecule has 0 bridgehead atoms. The van der Waals surface area contributed by atoms with Crippen molar-refractivity contribution < 1.29 is 9.90 Å². The van der Waals surface area contributed by atoms with Crippen molar-refractivity contribution in [3.63, 3.8) is 0 Å². The van der Waals surface area contributed by atoms with Gasteiger partial charge >= 0.3 is 0 Å². The first-order valence-corrected chi connectivity index (χ1v) is 6.52. The summed E-state index contributed by atoms with van der Waals surface area (Å²) in [5.74, 6) is 0.0526. The maximum Gasteiger partial charge on any atom is 0.220 e. The van der Waals surface area contributed by atoms with Gasteiger partial charge in [0, 0.05) is 13.0 Å². The molecule has 3 nitrogen and oxygen atoms in total. The summed E-state index contributed by atoms with van der Waals surface area (Å²) in [6.45, 7) is 6.27. The molecule has 0 fully saturated rings. The van der Waals surface area contributed by atoms with Crippen LogP contribution >= 0.6 is 0 Å². The van der Waals surface area contributed by atoms with E-state index in [1.54, 1.807) is 0 Å². The second-order valence-corrected chi connectivity index (χ2v) is 4.83. The fourth-order valence-corrected chi connectivity index (χ4v) is 2.02. The van der Waals surface area contributed by atoms with Gasteiger partial charge in [-0.25, -0.2) is 0 Å². The van der Waals surface area contributed by atoms with Crippen molar-refractivity contribution in [1.82, 2.24) is 5.32 Å². The van der Waals surface area contributed by atoms with Crippen molar-refractivity contribution in [1.29, 1.82) is 0 Å². The highest BCUT2D eigenvalue weighted by Gasteiger charge is 2.11. The van der Waals surface area contributed by atoms with E-state index < -0.39 is 0 Å². The van der Waals surface area contributed by atoms with E-state index in [0.717, 1.165) is 6.42 Å². The maximum atomic E-state index is 11.7. The number of nitrogens with one attached hydrogen (secondary N) is 1. The van der Waals surface area contributed by atoms with Gasteiger partial charge in [0.15, 0.2) is 0 Å². The molecule has 1 aromatic rings. The SMILES string of the molecule is Cc1ccc(C)c(C(C)NC(=O)CCCCO)c1. The number of aliphatic hydroxyl groups is 1. The summed E-state index contributed by atoms with van der Waals surface area (Å²) >= 11 is 0. The van der Waals surface area contributed by atoms with Gasteiger partial charge in [0.2, 0.25) is 5.91 Å². The fraction of sp³-hybridized carbons (Fsp3) is 0.533. The van der Waals surface area contributed by atoms with Gasteiger partial charge in [-0.1, -0.05) is 23.8 Å². The summed E-state index contributed by atoms with van der Waals surface area (Å²) < 4.78 is 0. The molecule has 100 valence electrons. The molecule has 0 radical (unpaired) electrons. The molecule has 1 aromatic carbocycles. The average Bonchev–Trinajstić information content (AvgIpc) is 2.32. The molecule has 0 heterocycles. The van der Waals surface area contributed by atoms with Crippen molar-refractivity contribution in [2.75, 3.05) is 6.61 Å². The number of hydrogen-bond donors (Lipinski definition) is 2. The van der Waals surface area contributed by atoms with Gasteiger partial charge in [-0.05, 0) is 44.7 Å². The molecule has 2 N–H and O–H groups in total. The Kier molecular flexibility index (Phi) is 5.86. The predicted octanol–water partition coefficient (Wildman–Crippen LogP) is 2.64. The van der Waals surface area contributed by atoms with Crippen LogP contribution in [0.3, 0.4) is 0 Å². The predicted molar refractivity (Wildman–Crippen MR) is 73.4 cm³/mol. The van der Waals surface area contributed by atoms with Gasteiger partial charge in [0.1, 0.15) is 0 Å². The molecule has 0 aliphatic heterocycles. The highest BCUT2D eigenvalue weighted by molar-refractivity contribution is 5.76. The Hall–Kier alpha value is -1.35. The summed E-state index contributed by atoms with van der Waals surface area (Å²) in [4.78, 5) is 11.7. The average molecular weight is 249 g/mol. The number of aryl methyl sites for hydroxylation is 2. The number of amides is 1. The molecular weight excluding hydrogens is 226 g/mol. The molecule has 0 aliphatic carbocycles. The number of rotatable bonds is 6. The van der Waals surface area contributed by atoms with E-state index in [0.29, 0.717) is 12.8 Å². The van der Waals surface area contributed by atoms with Crippen LogP contribution < -0.4 is 5.32 Å². The van der Waals surface area contributed by atoms with Gasteiger partial charge in [-0.3, -0.25) is 4.79 Å². The van der Waals surface area contributed by atoms with E-state index in [9.17, 15) is 4.79 Å². The second kappa shape index (κ2) is 7.17. The molecule has 18 heavy (non-hydrogen) atoms.